The molecular formula is C22H18Br2. The van der Waals surface area contributed by atoms with Crippen molar-refractivity contribution in [3.05, 3.63) is 56.0 Å². The lowest BCUT2D eigenvalue weighted by molar-refractivity contribution is 0.475. The second-order valence-electron chi connectivity index (χ2n) is 7.83. The average molecular weight is 442 g/mol. The van der Waals surface area contributed by atoms with Gasteiger partial charge in [-0.3, -0.25) is 0 Å². The lowest BCUT2D eigenvalue weighted by atomic mass is 9.70. The molecule has 0 amide bonds. The molecule has 0 saturated heterocycles. The summed E-state index contributed by atoms with van der Waals surface area (Å²) in [7, 11) is 0. The topological polar surface area (TPSA) is 0 Å². The largest absolute Gasteiger partial charge is 0.0558 e. The SMILES string of the molecule is Cc1cc(Br)c2cc3c4c(cc(Br)c5ccc1c2c54)CCC3(C)C. The van der Waals surface area contributed by atoms with Crippen molar-refractivity contribution in [1.29, 1.82) is 0 Å². The fourth-order valence-corrected chi connectivity index (χ4v) is 5.84. The molecule has 0 atom stereocenters. The number of benzene rings is 4. The van der Waals surface area contributed by atoms with Crippen molar-refractivity contribution in [2.75, 3.05) is 0 Å². The van der Waals surface area contributed by atoms with Crippen molar-refractivity contribution in [3.63, 3.8) is 0 Å². The van der Waals surface area contributed by atoms with E-state index in [0.717, 1.165) is 6.42 Å². The van der Waals surface area contributed by atoms with Crippen LogP contribution in [-0.2, 0) is 11.8 Å². The van der Waals surface area contributed by atoms with Gasteiger partial charge in [-0.1, -0.05) is 57.8 Å². The Bertz CT molecular complexity index is 1150. The van der Waals surface area contributed by atoms with E-state index in [1.807, 2.05) is 0 Å². The molecule has 0 bridgehead atoms. The van der Waals surface area contributed by atoms with Gasteiger partial charge in [0.1, 0.15) is 0 Å². The van der Waals surface area contributed by atoms with E-state index in [1.165, 1.54) is 64.4 Å². The Morgan fingerprint density at radius 3 is 2.33 bits per heavy atom. The first-order valence-corrected chi connectivity index (χ1v) is 10.1. The van der Waals surface area contributed by atoms with Crippen molar-refractivity contribution in [1.82, 2.24) is 0 Å². The van der Waals surface area contributed by atoms with E-state index in [2.05, 4.69) is 83.0 Å². The summed E-state index contributed by atoms with van der Waals surface area (Å²) in [6.07, 6.45) is 2.37. The normalized spacial score (nSPS) is 16.5. The van der Waals surface area contributed by atoms with Crippen LogP contribution in [-0.4, -0.2) is 0 Å². The highest BCUT2D eigenvalue weighted by molar-refractivity contribution is 9.11. The van der Waals surface area contributed by atoms with Crippen LogP contribution in [0, 0.1) is 6.92 Å². The average Bonchev–Trinajstić information content (AvgIpc) is 2.53. The van der Waals surface area contributed by atoms with Crippen LogP contribution < -0.4 is 0 Å². The van der Waals surface area contributed by atoms with Crippen LogP contribution in [0.15, 0.2) is 39.3 Å². The molecule has 0 saturated carbocycles. The van der Waals surface area contributed by atoms with Crippen LogP contribution in [0.3, 0.4) is 0 Å². The van der Waals surface area contributed by atoms with Crippen LogP contribution in [0.4, 0.5) is 0 Å². The molecule has 0 unspecified atom stereocenters. The van der Waals surface area contributed by atoms with Gasteiger partial charge in [-0.25, -0.2) is 0 Å². The first kappa shape index (κ1) is 15.2. The summed E-state index contributed by atoms with van der Waals surface area (Å²) in [4.78, 5) is 0. The van der Waals surface area contributed by atoms with Gasteiger partial charge in [-0.05, 0) is 92.4 Å². The Labute approximate surface area is 158 Å². The van der Waals surface area contributed by atoms with Gasteiger partial charge in [0.15, 0.2) is 0 Å². The Kier molecular flexibility index (Phi) is 2.99. The summed E-state index contributed by atoms with van der Waals surface area (Å²) in [6.45, 7) is 7.00. The maximum absolute atomic E-state index is 3.84. The van der Waals surface area contributed by atoms with Gasteiger partial charge in [0, 0.05) is 8.95 Å². The Morgan fingerprint density at radius 1 is 0.833 bits per heavy atom. The summed E-state index contributed by atoms with van der Waals surface area (Å²) in [6, 6.07) is 11.6. The Hall–Kier alpha value is -1.12. The summed E-state index contributed by atoms with van der Waals surface area (Å²) in [5.74, 6) is 0. The summed E-state index contributed by atoms with van der Waals surface area (Å²) in [5.41, 5.74) is 4.56. The molecule has 0 fully saturated rings. The van der Waals surface area contributed by atoms with Crippen LogP contribution in [0.1, 0.15) is 37.0 Å². The Balaban J connectivity index is 2.20. The second kappa shape index (κ2) is 4.74. The van der Waals surface area contributed by atoms with Gasteiger partial charge in [-0.2, -0.15) is 0 Å². The summed E-state index contributed by atoms with van der Waals surface area (Å²) < 4.78 is 2.43. The smallest absolute Gasteiger partial charge is 0.0257 e. The molecule has 0 radical (unpaired) electrons. The fourth-order valence-electron chi connectivity index (χ4n) is 4.58. The molecule has 120 valence electrons. The molecule has 4 aromatic carbocycles. The number of hydrogen-bond acceptors (Lipinski definition) is 0. The minimum absolute atomic E-state index is 0.220. The molecular weight excluding hydrogens is 424 g/mol. The van der Waals surface area contributed by atoms with Gasteiger partial charge < -0.3 is 0 Å². The molecule has 0 heterocycles. The third kappa shape index (κ3) is 1.79. The van der Waals surface area contributed by atoms with Crippen LogP contribution in [0.25, 0.3) is 32.3 Å². The molecule has 0 spiro atoms. The van der Waals surface area contributed by atoms with Gasteiger partial charge in [0.05, 0.1) is 0 Å². The third-order valence-electron chi connectivity index (χ3n) is 5.94. The van der Waals surface area contributed by atoms with E-state index in [9.17, 15) is 0 Å². The molecule has 5 rings (SSSR count). The molecule has 4 aromatic rings. The number of aryl methyl sites for hydroxylation is 2. The monoisotopic (exact) mass is 440 g/mol. The van der Waals surface area contributed by atoms with Crippen molar-refractivity contribution < 1.29 is 0 Å². The van der Waals surface area contributed by atoms with Gasteiger partial charge in [0.25, 0.3) is 0 Å². The Morgan fingerprint density at radius 2 is 1.54 bits per heavy atom. The van der Waals surface area contributed by atoms with Crippen molar-refractivity contribution in [2.24, 2.45) is 0 Å². The fraction of sp³-hybridized carbons (Fsp3) is 0.273. The van der Waals surface area contributed by atoms with Crippen molar-refractivity contribution in [3.8, 4) is 0 Å². The van der Waals surface area contributed by atoms with Gasteiger partial charge in [-0.15, -0.1) is 0 Å². The lowest BCUT2D eigenvalue weighted by Crippen LogP contribution is -2.23. The molecule has 0 nitrogen and oxygen atoms in total. The van der Waals surface area contributed by atoms with E-state index in [1.54, 1.807) is 0 Å². The van der Waals surface area contributed by atoms with Crippen LogP contribution in [0.5, 0.6) is 0 Å². The highest BCUT2D eigenvalue weighted by Crippen LogP contribution is 2.49. The van der Waals surface area contributed by atoms with Crippen molar-refractivity contribution in [2.45, 2.75) is 39.0 Å². The van der Waals surface area contributed by atoms with Crippen LogP contribution >= 0.6 is 31.9 Å². The van der Waals surface area contributed by atoms with E-state index in [-0.39, 0.29) is 5.41 Å². The zero-order valence-corrected chi connectivity index (χ0v) is 17.2. The highest BCUT2D eigenvalue weighted by Gasteiger charge is 2.31. The molecule has 1 aliphatic carbocycles. The quantitative estimate of drug-likeness (QED) is 0.246. The third-order valence-corrected chi connectivity index (χ3v) is 7.25. The highest BCUT2D eigenvalue weighted by atomic mass is 79.9. The number of rotatable bonds is 0. The van der Waals surface area contributed by atoms with E-state index in [0.29, 0.717) is 0 Å². The first-order valence-electron chi connectivity index (χ1n) is 8.48. The second-order valence-corrected chi connectivity index (χ2v) is 9.54. The lowest BCUT2D eigenvalue weighted by Gasteiger charge is -2.34. The van der Waals surface area contributed by atoms with E-state index in [4.69, 9.17) is 0 Å². The predicted octanol–water partition coefficient (Wildman–Crippen LogP) is 7.64. The maximum Gasteiger partial charge on any atom is 0.0257 e. The minimum Gasteiger partial charge on any atom is -0.0558 e. The van der Waals surface area contributed by atoms with Gasteiger partial charge >= 0.3 is 0 Å². The zero-order chi connectivity index (χ0) is 16.8. The molecule has 0 aromatic heterocycles. The van der Waals surface area contributed by atoms with Crippen LogP contribution in [0.2, 0.25) is 0 Å². The predicted molar refractivity (Wildman–Crippen MR) is 112 cm³/mol. The maximum atomic E-state index is 3.84. The molecule has 0 aliphatic heterocycles. The van der Waals surface area contributed by atoms with E-state index < -0.39 is 0 Å². The molecule has 1 aliphatic rings. The minimum atomic E-state index is 0.220. The standard InChI is InChI=1S/C22H18Br2/c1-11-8-17(23)15-10-16-19-12(6-7-22(16,2)3)9-18(24)14-5-4-13(11)20(15)21(14)19/h4-5,8-10H,6-7H2,1-3H3. The first-order chi connectivity index (χ1) is 11.4. The molecule has 2 heteroatoms. The summed E-state index contributed by atoms with van der Waals surface area (Å²) >= 11 is 7.67. The van der Waals surface area contributed by atoms with Crippen molar-refractivity contribution >= 4 is 64.2 Å². The van der Waals surface area contributed by atoms with E-state index >= 15 is 0 Å². The number of hydrogen-bond donors (Lipinski definition) is 0. The molecule has 0 N–H and O–H groups in total. The summed E-state index contributed by atoms with van der Waals surface area (Å²) in [5, 5.41) is 8.42. The molecule has 24 heavy (non-hydrogen) atoms. The van der Waals surface area contributed by atoms with Gasteiger partial charge in [0.2, 0.25) is 0 Å². The zero-order valence-electron chi connectivity index (χ0n) is 14.1. The number of halogens is 2.